The Bertz CT molecular complexity index is 1730. The second kappa shape index (κ2) is 11.5. The summed E-state index contributed by atoms with van der Waals surface area (Å²) in [7, 11) is 1.59. The molecule has 40 heavy (non-hydrogen) atoms. The molecule has 12 heteroatoms. The fraction of sp³-hybridized carbons (Fsp3) is 0.214. The predicted octanol–water partition coefficient (Wildman–Crippen LogP) is 5.41. The summed E-state index contributed by atoms with van der Waals surface area (Å²) in [6.45, 7) is 5.11. The first-order valence-electron chi connectivity index (χ1n) is 12.1. The number of nitro benzene ring substituents is 1. The molecule has 0 atom stereocenters. The van der Waals surface area contributed by atoms with Crippen molar-refractivity contribution in [3.05, 3.63) is 90.7 Å². The largest absolute Gasteiger partial charge is 0.496 e. The van der Waals surface area contributed by atoms with Crippen molar-refractivity contribution in [3.8, 4) is 22.9 Å². The molecule has 206 valence electrons. The number of hydrogen-bond acceptors (Lipinski definition) is 8. The van der Waals surface area contributed by atoms with Crippen molar-refractivity contribution in [1.82, 2.24) is 9.66 Å². The van der Waals surface area contributed by atoms with Crippen LogP contribution < -0.4 is 15.0 Å². The quantitative estimate of drug-likeness (QED) is 0.161. The summed E-state index contributed by atoms with van der Waals surface area (Å²) in [6, 6.07) is 13.1. The van der Waals surface area contributed by atoms with E-state index in [1.54, 1.807) is 31.4 Å². The fourth-order valence-electron chi connectivity index (χ4n) is 4.18. The fourth-order valence-corrected chi connectivity index (χ4v) is 4.46. The molecule has 11 nitrogen and oxygen atoms in total. The minimum atomic E-state index is -1.32. The molecule has 0 saturated heterocycles. The van der Waals surface area contributed by atoms with Crippen molar-refractivity contribution in [2.24, 2.45) is 5.10 Å². The van der Waals surface area contributed by atoms with Crippen LogP contribution >= 0.6 is 11.6 Å². The summed E-state index contributed by atoms with van der Waals surface area (Å²) in [5.41, 5.74) is 2.04. The Kier molecular flexibility index (Phi) is 8.15. The van der Waals surface area contributed by atoms with Crippen molar-refractivity contribution in [1.29, 1.82) is 0 Å². The van der Waals surface area contributed by atoms with E-state index >= 15 is 0 Å². The van der Waals surface area contributed by atoms with Gasteiger partial charge in [0.1, 0.15) is 5.75 Å². The minimum Gasteiger partial charge on any atom is -0.496 e. The molecule has 1 aromatic heterocycles. The summed E-state index contributed by atoms with van der Waals surface area (Å²) in [6.07, 6.45) is 1.24. The van der Waals surface area contributed by atoms with E-state index < -0.39 is 28.7 Å². The van der Waals surface area contributed by atoms with Gasteiger partial charge in [-0.25, -0.2) is 9.78 Å². The molecule has 1 heterocycles. The zero-order valence-corrected chi connectivity index (χ0v) is 22.8. The van der Waals surface area contributed by atoms with Gasteiger partial charge < -0.3 is 14.6 Å². The first kappa shape index (κ1) is 28.2. The molecule has 0 aliphatic heterocycles. The summed E-state index contributed by atoms with van der Waals surface area (Å²) < 4.78 is 11.7. The number of carbonyl (C=O) groups is 1. The molecule has 0 spiro atoms. The molecular formula is C28H25ClN4O7. The van der Waals surface area contributed by atoms with Crippen LogP contribution in [0.1, 0.15) is 36.5 Å². The third-order valence-corrected chi connectivity index (χ3v) is 6.38. The smallest absolute Gasteiger partial charge is 0.341 e. The van der Waals surface area contributed by atoms with E-state index in [-0.39, 0.29) is 28.1 Å². The van der Waals surface area contributed by atoms with Crippen LogP contribution in [0.15, 0.2) is 58.4 Å². The number of para-hydroxylation sites is 1. The van der Waals surface area contributed by atoms with Crippen molar-refractivity contribution < 1.29 is 24.3 Å². The number of nitro groups is 1. The van der Waals surface area contributed by atoms with Crippen molar-refractivity contribution >= 4 is 40.4 Å². The van der Waals surface area contributed by atoms with Gasteiger partial charge in [0.2, 0.25) is 5.75 Å². The number of aromatic nitrogens is 2. The Morgan fingerprint density at radius 1 is 1.25 bits per heavy atom. The maximum absolute atomic E-state index is 13.6. The van der Waals surface area contributed by atoms with Gasteiger partial charge in [0.05, 0.1) is 34.2 Å². The van der Waals surface area contributed by atoms with Gasteiger partial charge >= 0.3 is 11.7 Å². The molecule has 1 N–H and O–H groups in total. The molecule has 4 rings (SSSR count). The van der Waals surface area contributed by atoms with Crippen LogP contribution in [0.5, 0.6) is 11.5 Å². The van der Waals surface area contributed by atoms with Gasteiger partial charge in [-0.05, 0) is 54.3 Å². The monoisotopic (exact) mass is 564 g/mol. The summed E-state index contributed by atoms with van der Waals surface area (Å²) in [5.74, 6) is -0.610. The number of benzene rings is 3. The number of methoxy groups -OCH3 is 1. The molecule has 0 amide bonds. The Hall–Kier alpha value is -4.77. The van der Waals surface area contributed by atoms with Crippen LogP contribution in [0.4, 0.5) is 5.69 Å². The molecule has 3 aromatic carbocycles. The molecule has 0 bridgehead atoms. The van der Waals surface area contributed by atoms with Gasteiger partial charge in [-0.15, -0.1) is 0 Å². The lowest BCUT2D eigenvalue weighted by Gasteiger charge is -2.17. The minimum absolute atomic E-state index is 0.114. The maximum Gasteiger partial charge on any atom is 0.341 e. The van der Waals surface area contributed by atoms with Gasteiger partial charge in [-0.1, -0.05) is 37.6 Å². The second-order valence-electron chi connectivity index (χ2n) is 9.17. The number of nitrogens with zero attached hydrogens (tertiary/aromatic N) is 4. The van der Waals surface area contributed by atoms with Crippen LogP contribution in [0.3, 0.4) is 0 Å². The molecule has 4 aromatic rings. The van der Waals surface area contributed by atoms with Crippen molar-refractivity contribution in [3.63, 3.8) is 0 Å². The van der Waals surface area contributed by atoms with E-state index in [2.05, 4.69) is 5.10 Å². The number of rotatable bonds is 9. The van der Waals surface area contributed by atoms with E-state index in [0.717, 1.165) is 21.9 Å². The van der Waals surface area contributed by atoms with Crippen LogP contribution in [-0.2, 0) is 4.79 Å². The Labute approximate surface area is 233 Å². The molecule has 0 radical (unpaired) electrons. The Morgan fingerprint density at radius 2 is 1.98 bits per heavy atom. The summed E-state index contributed by atoms with van der Waals surface area (Å²) in [5, 5.41) is 25.1. The van der Waals surface area contributed by atoms with Crippen LogP contribution in [0.2, 0.25) is 5.02 Å². The van der Waals surface area contributed by atoms with Gasteiger partial charge in [0.25, 0.3) is 5.56 Å². The standard InChI is InChI=1S/C28H25ClN4O7/c1-15(2)19-12-20(16(3)9-24(19)39-4)27-31-22-8-6-5-7-18(22)28(36)32(27)30-13-17-10-21(29)26(40-14-25(34)35)23(11-17)33(37)38/h5-13,15H,14H2,1-4H3,(H,34,35). The second-order valence-corrected chi connectivity index (χ2v) is 9.58. The highest BCUT2D eigenvalue weighted by Gasteiger charge is 2.22. The van der Waals surface area contributed by atoms with E-state index in [1.165, 1.54) is 12.3 Å². The third kappa shape index (κ3) is 5.64. The molecule has 0 aliphatic carbocycles. The Morgan fingerprint density at radius 3 is 2.62 bits per heavy atom. The van der Waals surface area contributed by atoms with E-state index in [9.17, 15) is 19.7 Å². The number of aliphatic carboxylic acids is 1. The van der Waals surface area contributed by atoms with E-state index in [1.807, 2.05) is 32.9 Å². The van der Waals surface area contributed by atoms with Crippen molar-refractivity contribution in [2.75, 3.05) is 13.7 Å². The average molecular weight is 565 g/mol. The van der Waals surface area contributed by atoms with E-state index in [4.69, 9.17) is 31.2 Å². The number of carboxylic acid groups (broad SMARTS) is 1. The Balaban J connectivity index is 1.92. The number of hydrogen-bond donors (Lipinski definition) is 1. The molecular weight excluding hydrogens is 540 g/mol. The molecule has 0 fully saturated rings. The van der Waals surface area contributed by atoms with Crippen LogP contribution in [0.25, 0.3) is 22.3 Å². The molecule has 0 aliphatic rings. The topological polar surface area (TPSA) is 146 Å². The SMILES string of the molecule is COc1cc(C)c(-c2nc3ccccc3c(=O)n2N=Cc2cc(Cl)c(OCC(=O)O)c([N+](=O)[O-])c2)cc1C(C)C. The number of halogens is 1. The van der Waals surface area contributed by atoms with E-state index in [0.29, 0.717) is 22.2 Å². The number of carboxylic acids is 1. The predicted molar refractivity (Wildman–Crippen MR) is 151 cm³/mol. The lowest BCUT2D eigenvalue weighted by Crippen LogP contribution is -2.21. The highest BCUT2D eigenvalue weighted by atomic mass is 35.5. The zero-order valence-electron chi connectivity index (χ0n) is 22.0. The normalized spacial score (nSPS) is 11.3. The molecule has 0 saturated carbocycles. The number of fused-ring (bicyclic) bond motifs is 1. The lowest BCUT2D eigenvalue weighted by atomic mass is 9.96. The first-order chi connectivity index (χ1) is 19.0. The highest BCUT2D eigenvalue weighted by molar-refractivity contribution is 6.32. The maximum atomic E-state index is 13.6. The average Bonchev–Trinajstić information content (AvgIpc) is 2.91. The van der Waals surface area contributed by atoms with Gasteiger partial charge in [0.15, 0.2) is 12.4 Å². The number of aryl methyl sites for hydroxylation is 1. The van der Waals surface area contributed by atoms with Crippen LogP contribution in [-0.4, -0.2) is 45.6 Å². The zero-order chi connectivity index (χ0) is 29.1. The first-order valence-corrected chi connectivity index (χ1v) is 12.5. The summed E-state index contributed by atoms with van der Waals surface area (Å²) in [4.78, 5) is 40.2. The molecule has 0 unspecified atom stereocenters. The van der Waals surface area contributed by atoms with Gasteiger partial charge in [-0.3, -0.25) is 14.9 Å². The highest BCUT2D eigenvalue weighted by Crippen LogP contribution is 2.36. The van der Waals surface area contributed by atoms with Gasteiger partial charge in [0, 0.05) is 17.2 Å². The lowest BCUT2D eigenvalue weighted by molar-refractivity contribution is -0.385. The summed E-state index contributed by atoms with van der Waals surface area (Å²) >= 11 is 6.20. The van der Waals surface area contributed by atoms with Crippen molar-refractivity contribution in [2.45, 2.75) is 26.7 Å². The van der Waals surface area contributed by atoms with Gasteiger partial charge in [-0.2, -0.15) is 9.78 Å². The third-order valence-electron chi connectivity index (χ3n) is 6.10. The van der Waals surface area contributed by atoms with Crippen LogP contribution in [0, 0.1) is 17.0 Å². The number of ether oxygens (including phenoxy) is 2.